The average molecular weight is 436 g/mol. The number of hydrogen-bond donors (Lipinski definition) is 0. The molecule has 160 valence electrons. The fraction of sp³-hybridized carbons (Fsp3) is 0.333. The molecule has 1 amide bonds. The van der Waals surface area contributed by atoms with Crippen molar-refractivity contribution in [3.63, 3.8) is 0 Å². The Morgan fingerprint density at radius 2 is 1.97 bits per heavy atom. The van der Waals surface area contributed by atoms with E-state index in [-0.39, 0.29) is 18.2 Å². The van der Waals surface area contributed by atoms with Crippen LogP contribution in [0.5, 0.6) is 11.5 Å². The zero-order valence-electron chi connectivity index (χ0n) is 17.9. The molecule has 1 atom stereocenters. The van der Waals surface area contributed by atoms with Gasteiger partial charge in [-0.1, -0.05) is 49.0 Å². The van der Waals surface area contributed by atoms with E-state index in [4.69, 9.17) is 9.47 Å². The van der Waals surface area contributed by atoms with Crippen molar-refractivity contribution in [3.05, 3.63) is 64.2 Å². The summed E-state index contributed by atoms with van der Waals surface area (Å²) in [5.74, 6) is 1.51. The van der Waals surface area contributed by atoms with Crippen LogP contribution in [0.25, 0.3) is 0 Å². The number of amides is 1. The van der Waals surface area contributed by atoms with E-state index in [1.165, 1.54) is 5.56 Å². The van der Waals surface area contributed by atoms with E-state index in [2.05, 4.69) is 30.0 Å². The molecule has 2 aromatic carbocycles. The number of anilines is 1. The van der Waals surface area contributed by atoms with Gasteiger partial charge in [-0.2, -0.15) is 5.26 Å². The van der Waals surface area contributed by atoms with E-state index < -0.39 is 0 Å². The molecule has 31 heavy (non-hydrogen) atoms. The van der Waals surface area contributed by atoms with Crippen LogP contribution in [0.2, 0.25) is 0 Å². The van der Waals surface area contributed by atoms with Gasteiger partial charge in [-0.05, 0) is 24.1 Å². The second-order valence-electron chi connectivity index (χ2n) is 7.43. The first-order valence-electron chi connectivity index (χ1n) is 10.2. The van der Waals surface area contributed by atoms with Crippen LogP contribution in [0.1, 0.15) is 30.4 Å². The SMILES string of the molecule is CCc1ccccc1N1CSC2=C(C#N)C(c3cccc(OC)c3OC)CC(=O)N2C1. The smallest absolute Gasteiger partial charge is 0.229 e. The van der Waals surface area contributed by atoms with Gasteiger partial charge in [0, 0.05) is 23.6 Å². The second kappa shape index (κ2) is 8.94. The number of methoxy groups -OCH3 is 2. The molecule has 2 aliphatic rings. The Bertz CT molecular complexity index is 1080. The van der Waals surface area contributed by atoms with Crippen LogP contribution in [0.4, 0.5) is 5.69 Å². The first kappa shape index (κ1) is 21.1. The van der Waals surface area contributed by atoms with Gasteiger partial charge in [0.05, 0.1) is 43.4 Å². The number of rotatable bonds is 5. The summed E-state index contributed by atoms with van der Waals surface area (Å²) in [6.45, 7) is 2.58. The molecule has 0 saturated carbocycles. The lowest BCUT2D eigenvalue weighted by molar-refractivity contribution is -0.129. The standard InChI is InChI=1S/C24H25N3O3S/c1-4-16-8-5-6-10-20(16)26-14-27-22(28)12-18(19(13-25)24(27)31-15-26)17-9-7-11-21(29-2)23(17)30-3/h5-11,18H,4,12,14-15H2,1-3H3. The van der Waals surface area contributed by atoms with Gasteiger partial charge in [-0.15, -0.1) is 0 Å². The van der Waals surface area contributed by atoms with Gasteiger partial charge in [-0.3, -0.25) is 9.69 Å². The Morgan fingerprint density at radius 3 is 2.68 bits per heavy atom. The highest BCUT2D eigenvalue weighted by Gasteiger charge is 2.39. The minimum atomic E-state index is -0.351. The maximum absolute atomic E-state index is 13.2. The third-order valence-corrected chi connectivity index (χ3v) is 6.97. The van der Waals surface area contributed by atoms with Crippen LogP contribution < -0.4 is 14.4 Å². The Kier molecular flexibility index (Phi) is 6.10. The lowest BCUT2D eigenvalue weighted by Crippen LogP contribution is -2.47. The number of thioether (sulfide) groups is 1. The minimum Gasteiger partial charge on any atom is -0.493 e. The van der Waals surface area contributed by atoms with Crippen molar-refractivity contribution < 1.29 is 14.3 Å². The van der Waals surface area contributed by atoms with Crippen LogP contribution >= 0.6 is 11.8 Å². The van der Waals surface area contributed by atoms with Gasteiger partial charge in [-0.25, -0.2) is 0 Å². The molecule has 0 aliphatic carbocycles. The van der Waals surface area contributed by atoms with Crippen LogP contribution in [0.15, 0.2) is 53.1 Å². The predicted octanol–water partition coefficient (Wildman–Crippen LogP) is 4.49. The summed E-state index contributed by atoms with van der Waals surface area (Å²) in [5, 5.41) is 10.8. The molecule has 0 spiro atoms. The van der Waals surface area contributed by atoms with Crippen molar-refractivity contribution in [2.24, 2.45) is 0 Å². The summed E-state index contributed by atoms with van der Waals surface area (Å²) < 4.78 is 11.0. The van der Waals surface area contributed by atoms with Crippen LogP contribution in [-0.4, -0.2) is 37.6 Å². The Hall–Kier alpha value is -3.11. The molecule has 4 rings (SSSR count). The zero-order chi connectivity index (χ0) is 22.0. The van der Waals surface area contributed by atoms with Gasteiger partial charge in [0.2, 0.25) is 5.91 Å². The van der Waals surface area contributed by atoms with Crippen LogP contribution in [-0.2, 0) is 11.2 Å². The van der Waals surface area contributed by atoms with E-state index in [1.807, 2.05) is 30.3 Å². The van der Waals surface area contributed by atoms with E-state index in [9.17, 15) is 10.1 Å². The number of hydrogen-bond acceptors (Lipinski definition) is 6. The third kappa shape index (κ3) is 3.72. The van der Waals surface area contributed by atoms with Gasteiger partial charge in [0.25, 0.3) is 0 Å². The summed E-state index contributed by atoms with van der Waals surface area (Å²) in [4.78, 5) is 17.2. The quantitative estimate of drug-likeness (QED) is 0.690. The Morgan fingerprint density at radius 1 is 1.16 bits per heavy atom. The van der Waals surface area contributed by atoms with Crippen LogP contribution in [0, 0.1) is 11.3 Å². The molecule has 2 heterocycles. The molecule has 0 bridgehead atoms. The summed E-state index contributed by atoms with van der Waals surface area (Å²) in [6, 6.07) is 16.3. The first-order chi connectivity index (χ1) is 15.1. The Labute approximate surface area is 187 Å². The number of allylic oxidation sites excluding steroid dienone is 1. The largest absolute Gasteiger partial charge is 0.493 e. The number of benzene rings is 2. The Balaban J connectivity index is 1.72. The molecule has 1 unspecified atom stereocenters. The molecule has 0 N–H and O–H groups in total. The lowest BCUT2D eigenvalue weighted by Gasteiger charge is -2.42. The maximum Gasteiger partial charge on any atom is 0.229 e. The van der Waals surface area contributed by atoms with Gasteiger partial charge >= 0.3 is 0 Å². The number of nitriles is 1. The molecular weight excluding hydrogens is 410 g/mol. The lowest BCUT2D eigenvalue weighted by atomic mass is 9.85. The number of carbonyl (C=O) groups excluding carboxylic acids is 1. The second-order valence-corrected chi connectivity index (χ2v) is 8.36. The van der Waals surface area contributed by atoms with Crippen molar-refractivity contribution in [2.45, 2.75) is 25.7 Å². The van der Waals surface area contributed by atoms with E-state index >= 15 is 0 Å². The zero-order valence-corrected chi connectivity index (χ0v) is 18.7. The van der Waals surface area contributed by atoms with Crippen molar-refractivity contribution >= 4 is 23.4 Å². The number of fused-ring (bicyclic) bond motifs is 1. The first-order valence-corrected chi connectivity index (χ1v) is 11.2. The summed E-state index contributed by atoms with van der Waals surface area (Å²) in [6.07, 6.45) is 1.15. The van der Waals surface area contributed by atoms with Crippen molar-refractivity contribution in [3.8, 4) is 17.6 Å². The molecule has 6 nitrogen and oxygen atoms in total. The third-order valence-electron chi connectivity index (χ3n) is 5.82. The molecule has 7 heteroatoms. The van der Waals surface area contributed by atoms with Gasteiger partial charge < -0.3 is 14.4 Å². The molecule has 1 saturated heterocycles. The normalized spacial score (nSPS) is 18.5. The number of carbonyl (C=O) groups is 1. The highest BCUT2D eigenvalue weighted by Crippen LogP contribution is 2.47. The van der Waals surface area contributed by atoms with Gasteiger partial charge in [0.1, 0.15) is 0 Å². The van der Waals surface area contributed by atoms with Crippen molar-refractivity contribution in [2.75, 3.05) is 31.7 Å². The van der Waals surface area contributed by atoms with Gasteiger partial charge in [0.15, 0.2) is 11.5 Å². The highest BCUT2D eigenvalue weighted by atomic mass is 32.2. The molecular formula is C24H25N3O3S. The number of ether oxygens (including phenoxy) is 2. The summed E-state index contributed by atoms with van der Waals surface area (Å²) in [5.41, 5.74) is 3.80. The molecule has 2 aliphatic heterocycles. The summed E-state index contributed by atoms with van der Waals surface area (Å²) >= 11 is 1.54. The van der Waals surface area contributed by atoms with E-state index in [1.54, 1.807) is 30.9 Å². The highest BCUT2D eigenvalue weighted by molar-refractivity contribution is 8.03. The molecule has 0 aromatic heterocycles. The van der Waals surface area contributed by atoms with Crippen molar-refractivity contribution in [1.82, 2.24) is 4.90 Å². The summed E-state index contributed by atoms with van der Waals surface area (Å²) in [7, 11) is 3.16. The molecule has 0 radical (unpaired) electrons. The van der Waals surface area contributed by atoms with Crippen LogP contribution in [0.3, 0.4) is 0 Å². The minimum absolute atomic E-state index is 0.00931. The van der Waals surface area contributed by atoms with E-state index in [0.717, 1.165) is 22.7 Å². The fourth-order valence-corrected chi connectivity index (χ4v) is 5.44. The maximum atomic E-state index is 13.2. The number of nitrogens with zero attached hydrogens (tertiary/aromatic N) is 3. The molecule has 1 fully saturated rings. The monoisotopic (exact) mass is 435 g/mol. The topological polar surface area (TPSA) is 65.8 Å². The predicted molar refractivity (Wildman–Crippen MR) is 122 cm³/mol. The van der Waals surface area contributed by atoms with E-state index in [0.29, 0.717) is 29.6 Å². The fourth-order valence-electron chi connectivity index (χ4n) is 4.29. The number of aryl methyl sites for hydroxylation is 1. The average Bonchev–Trinajstić information content (AvgIpc) is 2.83. The number of para-hydroxylation sites is 2. The molecule has 2 aromatic rings. The van der Waals surface area contributed by atoms with Crippen molar-refractivity contribution in [1.29, 1.82) is 5.26 Å².